The van der Waals surface area contributed by atoms with Crippen LogP contribution in [-0.4, -0.2) is 12.5 Å². The van der Waals surface area contributed by atoms with Crippen LogP contribution in [0.25, 0.3) is 0 Å². The maximum atomic E-state index is 7.34. The van der Waals surface area contributed by atoms with E-state index in [0.29, 0.717) is 16.6 Å². The molecule has 0 atom stereocenters. The molecule has 0 saturated carbocycles. The van der Waals surface area contributed by atoms with Gasteiger partial charge in [-0.3, -0.25) is 5.41 Å². The zero-order chi connectivity index (χ0) is 10.7. The Morgan fingerprint density at radius 2 is 2.07 bits per heavy atom. The Labute approximate surface area is 92.9 Å². The fourth-order valence-electron chi connectivity index (χ4n) is 1.14. The van der Waals surface area contributed by atoms with Crippen LogP contribution in [0.4, 0.5) is 5.69 Å². The molecule has 0 bridgehead atoms. The molecule has 0 aliphatic carbocycles. The Bertz CT molecular complexity index is 352. The van der Waals surface area contributed by atoms with E-state index in [-0.39, 0.29) is 5.96 Å². The van der Waals surface area contributed by atoms with Gasteiger partial charge >= 0.3 is 0 Å². The van der Waals surface area contributed by atoms with Gasteiger partial charge in [-0.2, -0.15) is 0 Å². The van der Waals surface area contributed by atoms with Crippen LogP contribution >= 0.6 is 23.2 Å². The van der Waals surface area contributed by atoms with Gasteiger partial charge in [0, 0.05) is 12.2 Å². The van der Waals surface area contributed by atoms with E-state index in [1.807, 2.05) is 6.92 Å². The summed E-state index contributed by atoms with van der Waals surface area (Å²) in [6.45, 7) is 2.53. The Balaban J connectivity index is 3.06. The molecule has 3 N–H and O–H groups in total. The lowest BCUT2D eigenvalue weighted by Gasteiger charge is -2.20. The van der Waals surface area contributed by atoms with Crippen molar-refractivity contribution in [2.75, 3.05) is 11.4 Å². The van der Waals surface area contributed by atoms with Gasteiger partial charge in [0.05, 0.1) is 10.0 Å². The molecule has 1 aromatic rings. The fourth-order valence-corrected chi connectivity index (χ4v) is 1.44. The average Bonchev–Trinajstić information content (AvgIpc) is 2.11. The van der Waals surface area contributed by atoms with Gasteiger partial charge in [-0.1, -0.05) is 23.2 Å². The van der Waals surface area contributed by atoms with Crippen LogP contribution in [0, 0.1) is 5.41 Å². The van der Waals surface area contributed by atoms with Crippen molar-refractivity contribution in [3.05, 3.63) is 28.2 Å². The minimum Gasteiger partial charge on any atom is -0.370 e. The van der Waals surface area contributed by atoms with Crippen molar-refractivity contribution in [2.24, 2.45) is 5.73 Å². The Hall–Kier alpha value is -0.930. The first-order valence-electron chi connectivity index (χ1n) is 4.13. The number of halogens is 2. The second-order valence-corrected chi connectivity index (χ2v) is 3.54. The molecule has 0 heterocycles. The molecule has 0 aromatic heterocycles. The van der Waals surface area contributed by atoms with Gasteiger partial charge in [0.25, 0.3) is 0 Å². The van der Waals surface area contributed by atoms with Gasteiger partial charge in [-0.05, 0) is 25.1 Å². The molecule has 0 radical (unpaired) electrons. The highest BCUT2D eigenvalue weighted by atomic mass is 35.5. The first-order valence-corrected chi connectivity index (χ1v) is 4.88. The molecule has 76 valence electrons. The molecule has 3 nitrogen and oxygen atoms in total. The van der Waals surface area contributed by atoms with Crippen LogP contribution in [-0.2, 0) is 0 Å². The minimum atomic E-state index is -0.00844. The van der Waals surface area contributed by atoms with E-state index in [0.717, 1.165) is 5.69 Å². The number of hydrogen-bond acceptors (Lipinski definition) is 1. The second kappa shape index (κ2) is 4.53. The van der Waals surface area contributed by atoms with E-state index in [2.05, 4.69) is 0 Å². The summed E-state index contributed by atoms with van der Waals surface area (Å²) in [6, 6.07) is 5.15. The number of anilines is 1. The average molecular weight is 232 g/mol. The van der Waals surface area contributed by atoms with Crippen molar-refractivity contribution in [2.45, 2.75) is 6.92 Å². The largest absolute Gasteiger partial charge is 0.370 e. The normalized spacial score (nSPS) is 9.93. The Kier molecular flexibility index (Phi) is 3.61. The molecule has 1 rings (SSSR count). The number of rotatable bonds is 2. The van der Waals surface area contributed by atoms with Crippen molar-refractivity contribution >= 4 is 34.8 Å². The van der Waals surface area contributed by atoms with Gasteiger partial charge in [0.15, 0.2) is 5.96 Å². The highest BCUT2D eigenvalue weighted by Crippen LogP contribution is 2.26. The van der Waals surface area contributed by atoms with Crippen LogP contribution in [0.2, 0.25) is 10.0 Å². The summed E-state index contributed by atoms with van der Waals surface area (Å²) in [5.41, 5.74) is 6.17. The molecule has 0 fully saturated rings. The van der Waals surface area contributed by atoms with E-state index in [1.54, 1.807) is 23.1 Å². The molecule has 0 saturated heterocycles. The van der Waals surface area contributed by atoms with Crippen LogP contribution in [0.15, 0.2) is 18.2 Å². The van der Waals surface area contributed by atoms with Gasteiger partial charge < -0.3 is 10.6 Å². The predicted molar refractivity (Wildman–Crippen MR) is 61.4 cm³/mol. The van der Waals surface area contributed by atoms with Crippen LogP contribution in [0.1, 0.15) is 6.92 Å². The standard InChI is InChI=1S/C9H11Cl2N3/c1-2-14(9(12)13)6-3-4-7(10)8(11)5-6/h3-5H,2H2,1H3,(H3,12,13). The summed E-state index contributed by atoms with van der Waals surface area (Å²) in [4.78, 5) is 1.63. The lowest BCUT2D eigenvalue weighted by atomic mass is 10.3. The molecule has 0 unspecified atom stereocenters. The number of nitrogens with one attached hydrogen (secondary N) is 1. The number of benzene rings is 1. The molecule has 0 spiro atoms. The van der Waals surface area contributed by atoms with E-state index in [9.17, 15) is 0 Å². The number of nitrogens with zero attached hydrogens (tertiary/aromatic N) is 1. The van der Waals surface area contributed by atoms with E-state index in [4.69, 9.17) is 34.3 Å². The summed E-state index contributed by atoms with van der Waals surface area (Å²) in [7, 11) is 0. The van der Waals surface area contributed by atoms with Gasteiger partial charge in [-0.15, -0.1) is 0 Å². The minimum absolute atomic E-state index is 0.00844. The predicted octanol–water partition coefficient (Wildman–Crippen LogP) is 2.71. The quantitative estimate of drug-likeness (QED) is 0.608. The van der Waals surface area contributed by atoms with E-state index >= 15 is 0 Å². The lowest BCUT2D eigenvalue weighted by Crippen LogP contribution is -2.36. The van der Waals surface area contributed by atoms with Crippen molar-refractivity contribution in [1.82, 2.24) is 0 Å². The molecule has 0 aliphatic heterocycles. The number of hydrogen-bond donors (Lipinski definition) is 2. The topological polar surface area (TPSA) is 53.1 Å². The van der Waals surface area contributed by atoms with Gasteiger partial charge in [0.2, 0.25) is 0 Å². The van der Waals surface area contributed by atoms with Crippen molar-refractivity contribution in [3.63, 3.8) is 0 Å². The monoisotopic (exact) mass is 231 g/mol. The van der Waals surface area contributed by atoms with Crippen LogP contribution in [0.5, 0.6) is 0 Å². The van der Waals surface area contributed by atoms with Crippen molar-refractivity contribution < 1.29 is 0 Å². The molecular formula is C9H11Cl2N3. The maximum absolute atomic E-state index is 7.34. The van der Waals surface area contributed by atoms with Crippen LogP contribution in [0.3, 0.4) is 0 Å². The Morgan fingerprint density at radius 3 is 2.50 bits per heavy atom. The zero-order valence-corrected chi connectivity index (χ0v) is 9.23. The summed E-state index contributed by atoms with van der Waals surface area (Å²) in [5, 5.41) is 8.30. The molecule has 0 aliphatic rings. The summed E-state index contributed by atoms with van der Waals surface area (Å²) in [5.74, 6) is -0.00844. The zero-order valence-electron chi connectivity index (χ0n) is 7.72. The Morgan fingerprint density at radius 1 is 1.43 bits per heavy atom. The molecule has 14 heavy (non-hydrogen) atoms. The van der Waals surface area contributed by atoms with Gasteiger partial charge in [0.1, 0.15) is 0 Å². The molecular weight excluding hydrogens is 221 g/mol. The smallest absolute Gasteiger partial charge is 0.192 e. The maximum Gasteiger partial charge on any atom is 0.192 e. The fraction of sp³-hybridized carbons (Fsp3) is 0.222. The third-order valence-electron chi connectivity index (χ3n) is 1.82. The van der Waals surface area contributed by atoms with E-state index < -0.39 is 0 Å². The third kappa shape index (κ3) is 2.30. The third-order valence-corrected chi connectivity index (χ3v) is 2.56. The number of nitrogens with two attached hydrogens (primary N) is 1. The molecule has 5 heteroatoms. The van der Waals surface area contributed by atoms with Crippen LogP contribution < -0.4 is 10.6 Å². The SMILES string of the molecule is CCN(C(=N)N)c1ccc(Cl)c(Cl)c1. The number of guanidine groups is 1. The van der Waals surface area contributed by atoms with Crippen molar-refractivity contribution in [3.8, 4) is 0 Å². The lowest BCUT2D eigenvalue weighted by molar-refractivity contribution is 1.03. The molecule has 0 amide bonds. The highest BCUT2D eigenvalue weighted by Gasteiger charge is 2.08. The highest BCUT2D eigenvalue weighted by molar-refractivity contribution is 6.42. The summed E-state index contributed by atoms with van der Waals surface area (Å²) in [6.07, 6.45) is 0. The van der Waals surface area contributed by atoms with Crippen molar-refractivity contribution in [1.29, 1.82) is 5.41 Å². The second-order valence-electron chi connectivity index (χ2n) is 2.73. The van der Waals surface area contributed by atoms with Gasteiger partial charge in [-0.25, -0.2) is 0 Å². The summed E-state index contributed by atoms with van der Waals surface area (Å²) < 4.78 is 0. The first-order chi connectivity index (χ1) is 6.56. The summed E-state index contributed by atoms with van der Waals surface area (Å²) >= 11 is 11.6. The first kappa shape index (κ1) is 11.1. The molecule has 1 aromatic carbocycles. The van der Waals surface area contributed by atoms with E-state index in [1.165, 1.54) is 0 Å².